The van der Waals surface area contributed by atoms with Gasteiger partial charge in [0.15, 0.2) is 6.04 Å². The Labute approximate surface area is 124 Å². The molecule has 0 aliphatic carbocycles. The highest BCUT2D eigenvalue weighted by atomic mass is 16.4. The van der Waals surface area contributed by atoms with Crippen LogP contribution in [0.3, 0.4) is 0 Å². The van der Waals surface area contributed by atoms with Gasteiger partial charge in [0, 0.05) is 0 Å². The minimum absolute atomic E-state index is 0.210. The van der Waals surface area contributed by atoms with E-state index in [9.17, 15) is 14.7 Å². The molecule has 1 amide bonds. The molecule has 1 heterocycles. The van der Waals surface area contributed by atoms with Crippen molar-refractivity contribution >= 4 is 11.9 Å². The minimum atomic E-state index is -1.04. The maximum atomic E-state index is 12.6. The predicted octanol–water partition coefficient (Wildman–Crippen LogP) is 1.85. The summed E-state index contributed by atoms with van der Waals surface area (Å²) in [5, 5.41) is 15.4. The van der Waals surface area contributed by atoms with Gasteiger partial charge in [-0.1, -0.05) is 43.7 Å². The van der Waals surface area contributed by atoms with Gasteiger partial charge in [-0.3, -0.25) is 4.79 Å². The van der Waals surface area contributed by atoms with Gasteiger partial charge in [-0.25, -0.2) is 4.79 Å². The quantitative estimate of drug-likeness (QED) is 0.747. The van der Waals surface area contributed by atoms with Gasteiger partial charge in [-0.2, -0.15) is 0 Å². The fourth-order valence-electron chi connectivity index (χ4n) is 2.96. The number of carbonyl (C=O) groups is 2. The minimum Gasteiger partial charge on any atom is -0.479 e. The Hall–Kier alpha value is -1.88. The first-order valence-electron chi connectivity index (χ1n) is 7.43. The van der Waals surface area contributed by atoms with Crippen molar-refractivity contribution < 1.29 is 14.7 Å². The lowest BCUT2D eigenvalue weighted by atomic mass is 9.90. The van der Waals surface area contributed by atoms with E-state index >= 15 is 0 Å². The molecular formula is C16H22N2O3. The first-order valence-corrected chi connectivity index (χ1v) is 7.43. The van der Waals surface area contributed by atoms with Gasteiger partial charge in [0.25, 0.3) is 0 Å². The van der Waals surface area contributed by atoms with Crippen molar-refractivity contribution in [1.29, 1.82) is 0 Å². The van der Waals surface area contributed by atoms with Crippen molar-refractivity contribution in [1.82, 2.24) is 10.6 Å². The molecule has 5 nitrogen and oxygen atoms in total. The van der Waals surface area contributed by atoms with E-state index in [1.165, 1.54) is 0 Å². The number of amides is 1. The molecule has 2 atom stereocenters. The van der Waals surface area contributed by atoms with E-state index in [2.05, 4.69) is 10.6 Å². The number of rotatable bonds is 6. The second kappa shape index (κ2) is 6.72. The fraction of sp³-hybridized carbons (Fsp3) is 0.500. The molecule has 21 heavy (non-hydrogen) atoms. The molecule has 5 heteroatoms. The molecule has 1 fully saturated rings. The number of carbonyl (C=O) groups excluding carboxylic acids is 1. The van der Waals surface area contributed by atoms with E-state index in [0.29, 0.717) is 5.56 Å². The standard InChI is InChI=1S/C16H22N2O3/c1-2-9-16(10-6-11-17-16)15(21)18-13(14(19)20)12-7-4-3-5-8-12/h3-5,7-8,13,17H,2,6,9-11H2,1H3,(H,18,21)(H,19,20)/t13-,16?/m0/s1. The second-order valence-electron chi connectivity index (χ2n) is 5.52. The lowest BCUT2D eigenvalue weighted by Gasteiger charge is -2.29. The molecule has 1 aromatic carbocycles. The zero-order valence-electron chi connectivity index (χ0n) is 12.3. The van der Waals surface area contributed by atoms with Gasteiger partial charge < -0.3 is 15.7 Å². The maximum absolute atomic E-state index is 12.6. The van der Waals surface area contributed by atoms with Crippen molar-refractivity contribution in [3.05, 3.63) is 35.9 Å². The fourth-order valence-corrected chi connectivity index (χ4v) is 2.96. The Morgan fingerprint density at radius 1 is 1.38 bits per heavy atom. The third-order valence-electron chi connectivity index (χ3n) is 4.01. The highest BCUT2D eigenvalue weighted by Gasteiger charge is 2.41. The van der Waals surface area contributed by atoms with E-state index in [-0.39, 0.29) is 5.91 Å². The van der Waals surface area contributed by atoms with E-state index in [4.69, 9.17) is 0 Å². The molecule has 0 bridgehead atoms. The van der Waals surface area contributed by atoms with Crippen LogP contribution in [0.5, 0.6) is 0 Å². The van der Waals surface area contributed by atoms with Crippen LogP contribution in [-0.4, -0.2) is 29.1 Å². The topological polar surface area (TPSA) is 78.4 Å². The number of benzene rings is 1. The van der Waals surface area contributed by atoms with E-state index < -0.39 is 17.6 Å². The molecule has 3 N–H and O–H groups in total. The van der Waals surface area contributed by atoms with E-state index in [1.807, 2.05) is 13.0 Å². The number of carboxylic acid groups (broad SMARTS) is 1. The molecule has 0 radical (unpaired) electrons. The zero-order chi connectivity index (χ0) is 15.3. The molecular weight excluding hydrogens is 268 g/mol. The number of hydrogen-bond acceptors (Lipinski definition) is 3. The van der Waals surface area contributed by atoms with Crippen LogP contribution in [0.15, 0.2) is 30.3 Å². The smallest absolute Gasteiger partial charge is 0.330 e. The number of aliphatic carboxylic acids is 1. The molecule has 114 valence electrons. The summed E-state index contributed by atoms with van der Waals surface area (Å²) in [4.78, 5) is 24.1. The summed E-state index contributed by atoms with van der Waals surface area (Å²) < 4.78 is 0. The molecule has 1 unspecified atom stereocenters. The Kier molecular flexibility index (Phi) is 4.96. The van der Waals surface area contributed by atoms with Gasteiger partial charge in [0.2, 0.25) is 5.91 Å². The average Bonchev–Trinajstić information content (AvgIpc) is 2.95. The van der Waals surface area contributed by atoms with Gasteiger partial charge in [-0.15, -0.1) is 0 Å². The summed E-state index contributed by atoms with van der Waals surface area (Å²) in [6, 6.07) is 7.79. The summed E-state index contributed by atoms with van der Waals surface area (Å²) in [6.45, 7) is 2.83. The van der Waals surface area contributed by atoms with E-state index in [0.717, 1.165) is 32.2 Å². The molecule has 1 saturated heterocycles. The van der Waals surface area contributed by atoms with Crippen molar-refractivity contribution in [2.45, 2.75) is 44.2 Å². The van der Waals surface area contributed by atoms with Gasteiger partial charge in [0.1, 0.15) is 0 Å². The third-order valence-corrected chi connectivity index (χ3v) is 4.01. The molecule has 1 aliphatic heterocycles. The molecule has 0 aromatic heterocycles. The lowest BCUT2D eigenvalue weighted by molar-refractivity contribution is -0.143. The lowest BCUT2D eigenvalue weighted by Crippen LogP contribution is -2.54. The average molecular weight is 290 g/mol. The molecule has 0 spiro atoms. The molecule has 0 saturated carbocycles. The summed E-state index contributed by atoms with van der Waals surface area (Å²) in [6.07, 6.45) is 3.30. The van der Waals surface area contributed by atoms with Crippen molar-refractivity contribution in [3.8, 4) is 0 Å². The van der Waals surface area contributed by atoms with Gasteiger partial charge in [0.05, 0.1) is 5.54 Å². The Morgan fingerprint density at radius 3 is 2.62 bits per heavy atom. The number of nitrogens with one attached hydrogen (secondary N) is 2. The highest BCUT2D eigenvalue weighted by Crippen LogP contribution is 2.26. The van der Waals surface area contributed by atoms with Crippen LogP contribution in [0.25, 0.3) is 0 Å². The van der Waals surface area contributed by atoms with Gasteiger partial charge in [-0.05, 0) is 31.4 Å². The van der Waals surface area contributed by atoms with Crippen molar-refractivity contribution in [2.24, 2.45) is 0 Å². The summed E-state index contributed by atoms with van der Waals surface area (Å²) in [5.74, 6) is -1.25. The third kappa shape index (κ3) is 3.42. The summed E-state index contributed by atoms with van der Waals surface area (Å²) in [5.41, 5.74) is -0.0278. The van der Waals surface area contributed by atoms with Gasteiger partial charge >= 0.3 is 5.97 Å². The summed E-state index contributed by atoms with van der Waals surface area (Å²) >= 11 is 0. The first kappa shape index (κ1) is 15.5. The molecule has 1 aromatic rings. The van der Waals surface area contributed by atoms with Crippen LogP contribution < -0.4 is 10.6 Å². The van der Waals surface area contributed by atoms with Crippen molar-refractivity contribution in [2.75, 3.05) is 6.54 Å². The number of hydrogen-bond donors (Lipinski definition) is 3. The first-order chi connectivity index (χ1) is 10.1. The van der Waals surface area contributed by atoms with Crippen LogP contribution >= 0.6 is 0 Å². The van der Waals surface area contributed by atoms with Crippen LogP contribution in [-0.2, 0) is 9.59 Å². The van der Waals surface area contributed by atoms with E-state index in [1.54, 1.807) is 24.3 Å². The molecule has 1 aliphatic rings. The van der Waals surface area contributed by atoms with Crippen LogP contribution in [0, 0.1) is 0 Å². The summed E-state index contributed by atoms with van der Waals surface area (Å²) in [7, 11) is 0. The monoisotopic (exact) mass is 290 g/mol. The Bertz CT molecular complexity index is 496. The zero-order valence-corrected chi connectivity index (χ0v) is 12.3. The normalized spacial score (nSPS) is 22.7. The SMILES string of the molecule is CCCC1(C(=O)N[C@H](C(=O)O)c2ccccc2)CCCN1. The Balaban J connectivity index is 2.17. The predicted molar refractivity (Wildman–Crippen MR) is 79.8 cm³/mol. The van der Waals surface area contributed by atoms with Crippen LogP contribution in [0.1, 0.15) is 44.2 Å². The van der Waals surface area contributed by atoms with Crippen LogP contribution in [0.4, 0.5) is 0 Å². The van der Waals surface area contributed by atoms with Crippen LogP contribution in [0.2, 0.25) is 0 Å². The molecule has 2 rings (SSSR count). The van der Waals surface area contributed by atoms with Crippen molar-refractivity contribution in [3.63, 3.8) is 0 Å². The maximum Gasteiger partial charge on any atom is 0.330 e. The number of carboxylic acids is 1. The Morgan fingerprint density at radius 2 is 2.10 bits per heavy atom. The highest BCUT2D eigenvalue weighted by molar-refractivity contribution is 5.90. The largest absolute Gasteiger partial charge is 0.479 e. The second-order valence-corrected chi connectivity index (χ2v) is 5.52.